The van der Waals surface area contributed by atoms with Crippen molar-refractivity contribution in [3.8, 4) is 17.4 Å². The highest BCUT2D eigenvalue weighted by Crippen LogP contribution is 2.24. The Hall–Kier alpha value is -3.16. The highest BCUT2D eigenvalue weighted by Gasteiger charge is 2.17. The number of aromatic amines is 1. The number of rotatable bonds is 6. The molecule has 0 saturated carbocycles. The predicted octanol–water partition coefficient (Wildman–Crippen LogP) is 2.83. The molecule has 26 heavy (non-hydrogen) atoms. The van der Waals surface area contributed by atoms with Crippen molar-refractivity contribution in [1.82, 2.24) is 19.7 Å². The van der Waals surface area contributed by atoms with Crippen molar-refractivity contribution in [3.63, 3.8) is 0 Å². The van der Waals surface area contributed by atoms with Crippen LogP contribution in [0.2, 0.25) is 0 Å². The largest absolute Gasteiger partial charge is 0.463 e. The van der Waals surface area contributed by atoms with Crippen LogP contribution in [0.4, 0.5) is 5.82 Å². The topological polar surface area (TPSA) is 106 Å². The van der Waals surface area contributed by atoms with E-state index in [0.717, 1.165) is 6.42 Å². The Kier molecular flexibility index (Phi) is 5.01. The molecule has 0 bridgehead atoms. The van der Waals surface area contributed by atoms with Crippen LogP contribution >= 0.6 is 0 Å². The van der Waals surface area contributed by atoms with Crippen molar-refractivity contribution in [2.75, 3.05) is 5.32 Å². The molecule has 8 heteroatoms. The van der Waals surface area contributed by atoms with Gasteiger partial charge in [-0.2, -0.15) is 9.78 Å². The van der Waals surface area contributed by atoms with E-state index in [9.17, 15) is 9.59 Å². The van der Waals surface area contributed by atoms with Crippen LogP contribution in [0.5, 0.6) is 0 Å². The van der Waals surface area contributed by atoms with Crippen LogP contribution in [0.15, 0.2) is 33.7 Å². The van der Waals surface area contributed by atoms with Crippen molar-refractivity contribution in [3.05, 3.63) is 46.1 Å². The Morgan fingerprint density at radius 3 is 2.81 bits per heavy atom. The standard InChI is InChI=1S/C18H21N5O3/c1-4-7-16(24)20-15-10-13(14-8-6-9-26-14)22-23(15)18-19-11(3)12(5-2)17(25)21-18/h6,8-10H,4-5,7H2,1-3H3,(H,20,24)(H,19,21,25). The average molecular weight is 355 g/mol. The molecule has 136 valence electrons. The summed E-state index contributed by atoms with van der Waals surface area (Å²) in [6, 6.07) is 5.21. The first kappa shape index (κ1) is 17.7. The van der Waals surface area contributed by atoms with Gasteiger partial charge >= 0.3 is 0 Å². The van der Waals surface area contributed by atoms with Crippen molar-refractivity contribution in [2.24, 2.45) is 0 Å². The maximum absolute atomic E-state index is 12.3. The number of hydrogen-bond acceptors (Lipinski definition) is 5. The van der Waals surface area contributed by atoms with E-state index in [1.807, 2.05) is 13.8 Å². The van der Waals surface area contributed by atoms with E-state index in [2.05, 4.69) is 20.4 Å². The fourth-order valence-corrected chi connectivity index (χ4v) is 2.72. The van der Waals surface area contributed by atoms with Gasteiger partial charge in [-0.1, -0.05) is 13.8 Å². The monoisotopic (exact) mass is 355 g/mol. The second-order valence-electron chi connectivity index (χ2n) is 5.91. The number of anilines is 1. The summed E-state index contributed by atoms with van der Waals surface area (Å²) in [4.78, 5) is 31.5. The molecule has 2 N–H and O–H groups in total. The summed E-state index contributed by atoms with van der Waals surface area (Å²) in [7, 11) is 0. The van der Waals surface area contributed by atoms with E-state index in [1.54, 1.807) is 31.4 Å². The number of nitrogens with zero attached hydrogens (tertiary/aromatic N) is 3. The normalized spacial score (nSPS) is 10.9. The number of amides is 1. The fraction of sp³-hybridized carbons (Fsp3) is 0.333. The van der Waals surface area contributed by atoms with E-state index in [1.165, 1.54) is 4.68 Å². The lowest BCUT2D eigenvalue weighted by Gasteiger charge is -2.09. The van der Waals surface area contributed by atoms with Gasteiger partial charge in [0.15, 0.2) is 5.76 Å². The number of carbonyl (C=O) groups excluding carboxylic acids is 1. The quantitative estimate of drug-likeness (QED) is 0.707. The van der Waals surface area contributed by atoms with Crippen molar-refractivity contribution in [1.29, 1.82) is 0 Å². The molecular formula is C18H21N5O3. The predicted molar refractivity (Wildman–Crippen MR) is 97.3 cm³/mol. The Morgan fingerprint density at radius 1 is 1.38 bits per heavy atom. The minimum Gasteiger partial charge on any atom is -0.463 e. The van der Waals surface area contributed by atoms with Crippen molar-refractivity contribution < 1.29 is 9.21 Å². The van der Waals surface area contributed by atoms with Crippen LogP contribution in [-0.4, -0.2) is 25.7 Å². The molecule has 0 fully saturated rings. The first-order chi connectivity index (χ1) is 12.5. The molecule has 0 aromatic carbocycles. The lowest BCUT2D eigenvalue weighted by Crippen LogP contribution is -2.21. The molecule has 0 spiro atoms. The Morgan fingerprint density at radius 2 is 2.19 bits per heavy atom. The van der Waals surface area contributed by atoms with Crippen molar-refractivity contribution in [2.45, 2.75) is 40.0 Å². The number of aromatic nitrogens is 4. The van der Waals surface area contributed by atoms with Gasteiger partial charge in [0.25, 0.3) is 5.56 Å². The maximum Gasteiger partial charge on any atom is 0.255 e. The molecule has 3 aromatic heterocycles. The molecule has 1 amide bonds. The first-order valence-corrected chi connectivity index (χ1v) is 8.57. The van der Waals surface area contributed by atoms with Gasteiger partial charge < -0.3 is 9.73 Å². The molecule has 8 nitrogen and oxygen atoms in total. The summed E-state index contributed by atoms with van der Waals surface area (Å²) in [6.45, 7) is 5.61. The lowest BCUT2D eigenvalue weighted by atomic mass is 10.2. The minimum absolute atomic E-state index is 0.135. The zero-order valence-corrected chi connectivity index (χ0v) is 15.0. The number of hydrogen-bond donors (Lipinski definition) is 2. The van der Waals surface area contributed by atoms with Crippen molar-refractivity contribution >= 4 is 11.7 Å². The van der Waals surface area contributed by atoms with Crippen LogP contribution in [0, 0.1) is 6.92 Å². The molecule has 3 heterocycles. The van der Waals surface area contributed by atoms with Gasteiger partial charge in [-0.3, -0.25) is 14.6 Å². The van der Waals surface area contributed by atoms with Crippen LogP contribution in [-0.2, 0) is 11.2 Å². The van der Waals surface area contributed by atoms with E-state index in [0.29, 0.717) is 41.4 Å². The third-order valence-electron chi connectivity index (χ3n) is 3.99. The number of furan rings is 1. The van der Waals surface area contributed by atoms with Crippen LogP contribution in [0.25, 0.3) is 17.4 Å². The van der Waals surface area contributed by atoms with E-state index in [4.69, 9.17) is 4.42 Å². The van der Waals surface area contributed by atoms with Crippen LogP contribution in [0.1, 0.15) is 37.9 Å². The number of carbonyl (C=O) groups is 1. The van der Waals surface area contributed by atoms with E-state index >= 15 is 0 Å². The molecule has 3 rings (SSSR count). The summed E-state index contributed by atoms with van der Waals surface area (Å²) in [6.07, 6.45) is 3.25. The molecular weight excluding hydrogens is 334 g/mol. The Labute approximate surface area is 150 Å². The highest BCUT2D eigenvalue weighted by atomic mass is 16.3. The summed E-state index contributed by atoms with van der Waals surface area (Å²) >= 11 is 0. The van der Waals surface area contributed by atoms with Crippen LogP contribution < -0.4 is 10.9 Å². The minimum atomic E-state index is -0.212. The fourth-order valence-electron chi connectivity index (χ4n) is 2.72. The second kappa shape index (κ2) is 7.38. The second-order valence-corrected chi connectivity index (χ2v) is 5.91. The Bertz CT molecular complexity index is 969. The van der Waals surface area contributed by atoms with E-state index in [-0.39, 0.29) is 17.4 Å². The lowest BCUT2D eigenvalue weighted by molar-refractivity contribution is -0.116. The van der Waals surface area contributed by atoms with Gasteiger partial charge in [0.1, 0.15) is 11.5 Å². The summed E-state index contributed by atoms with van der Waals surface area (Å²) in [5.74, 6) is 1.08. The van der Waals surface area contributed by atoms with Crippen LogP contribution in [0.3, 0.4) is 0 Å². The van der Waals surface area contributed by atoms with E-state index < -0.39 is 0 Å². The van der Waals surface area contributed by atoms with Gasteiger partial charge in [0.05, 0.1) is 6.26 Å². The number of aryl methyl sites for hydroxylation is 1. The smallest absolute Gasteiger partial charge is 0.255 e. The number of nitrogens with one attached hydrogen (secondary N) is 2. The van der Waals surface area contributed by atoms with Gasteiger partial charge in [-0.25, -0.2) is 4.98 Å². The van der Waals surface area contributed by atoms with Gasteiger partial charge in [0.2, 0.25) is 11.9 Å². The molecule has 0 unspecified atom stereocenters. The number of H-pyrrole nitrogens is 1. The molecule has 0 aliphatic heterocycles. The molecule has 0 atom stereocenters. The average Bonchev–Trinajstić information content (AvgIpc) is 3.24. The van der Waals surface area contributed by atoms with Gasteiger partial charge in [-0.05, 0) is 31.9 Å². The maximum atomic E-state index is 12.3. The summed E-state index contributed by atoms with van der Waals surface area (Å²) in [5.41, 5.74) is 1.58. The molecule has 0 aliphatic rings. The Balaban J connectivity index is 2.10. The SMILES string of the molecule is CCCC(=O)Nc1cc(-c2ccco2)nn1-c1nc(C)c(CC)c(=O)[nH]1. The zero-order chi connectivity index (χ0) is 18.7. The molecule has 0 radical (unpaired) electrons. The first-order valence-electron chi connectivity index (χ1n) is 8.57. The van der Waals surface area contributed by atoms with Gasteiger partial charge in [-0.15, -0.1) is 0 Å². The summed E-state index contributed by atoms with van der Waals surface area (Å²) < 4.78 is 6.80. The van der Waals surface area contributed by atoms with Gasteiger partial charge in [0, 0.05) is 23.7 Å². The molecule has 0 saturated heterocycles. The zero-order valence-electron chi connectivity index (χ0n) is 15.0. The molecule has 0 aliphatic carbocycles. The third-order valence-corrected chi connectivity index (χ3v) is 3.99. The third kappa shape index (κ3) is 3.44. The summed E-state index contributed by atoms with van der Waals surface area (Å²) in [5, 5.41) is 7.27. The molecule has 3 aromatic rings. The highest BCUT2D eigenvalue weighted by molar-refractivity contribution is 5.90.